The van der Waals surface area contributed by atoms with Crippen molar-refractivity contribution in [2.75, 3.05) is 19.8 Å². The SMILES string of the molecule is CCOC(OCC)[C@@H](NC(=O)[C@@H]1CCCN1C(=O)[C@@H](NC(C)=O)C(C)C)C(C)C. The fraction of sp³-hybridized carbons (Fsp3) is 0.857. The van der Waals surface area contributed by atoms with E-state index in [-0.39, 0.29) is 35.6 Å². The molecule has 2 N–H and O–H groups in total. The van der Waals surface area contributed by atoms with Crippen LogP contribution in [0.4, 0.5) is 0 Å². The van der Waals surface area contributed by atoms with Gasteiger partial charge in [-0.1, -0.05) is 27.7 Å². The van der Waals surface area contributed by atoms with Gasteiger partial charge in [-0.05, 0) is 38.5 Å². The third-order valence-electron chi connectivity index (χ3n) is 5.11. The summed E-state index contributed by atoms with van der Waals surface area (Å²) < 4.78 is 11.4. The van der Waals surface area contributed by atoms with Crippen molar-refractivity contribution < 1.29 is 23.9 Å². The number of likely N-dealkylation sites (tertiary alicyclic amines) is 1. The Morgan fingerprint density at radius 3 is 2.03 bits per heavy atom. The zero-order chi connectivity index (χ0) is 22.1. The maximum atomic E-state index is 13.1. The van der Waals surface area contributed by atoms with Crippen LogP contribution >= 0.6 is 0 Å². The van der Waals surface area contributed by atoms with Crippen LogP contribution in [-0.4, -0.2) is 66.8 Å². The molecule has 168 valence electrons. The average molecular weight is 414 g/mol. The molecule has 0 aromatic rings. The highest BCUT2D eigenvalue weighted by atomic mass is 16.7. The standard InChI is InChI=1S/C21H39N3O5/c1-8-28-21(29-9-2)18(14(5)6)23-19(26)16-11-10-12-24(16)20(27)17(13(3)4)22-15(7)25/h13-14,16-18,21H,8-12H2,1-7H3,(H,22,25)(H,23,26)/t16-,17-,18-/m0/s1. The minimum absolute atomic E-state index is 0.0700. The highest BCUT2D eigenvalue weighted by molar-refractivity contribution is 5.92. The maximum absolute atomic E-state index is 13.1. The molecule has 1 rings (SSSR count). The molecule has 1 aliphatic heterocycles. The van der Waals surface area contributed by atoms with Gasteiger partial charge in [0, 0.05) is 26.7 Å². The van der Waals surface area contributed by atoms with E-state index in [0.29, 0.717) is 26.2 Å². The Morgan fingerprint density at radius 2 is 1.59 bits per heavy atom. The van der Waals surface area contributed by atoms with Crippen LogP contribution in [0.2, 0.25) is 0 Å². The summed E-state index contributed by atoms with van der Waals surface area (Å²) in [4.78, 5) is 39.3. The lowest BCUT2D eigenvalue weighted by Crippen LogP contribution is -2.57. The molecule has 3 amide bonds. The second-order valence-corrected chi connectivity index (χ2v) is 8.17. The zero-order valence-corrected chi connectivity index (χ0v) is 19.0. The van der Waals surface area contributed by atoms with Crippen LogP contribution < -0.4 is 10.6 Å². The lowest BCUT2D eigenvalue weighted by Gasteiger charge is -2.34. The predicted octanol–water partition coefficient (Wildman–Crippen LogP) is 1.68. The first-order chi connectivity index (χ1) is 13.6. The van der Waals surface area contributed by atoms with E-state index >= 15 is 0 Å². The van der Waals surface area contributed by atoms with Gasteiger partial charge in [-0.3, -0.25) is 14.4 Å². The lowest BCUT2D eigenvalue weighted by atomic mass is 10.0. The quantitative estimate of drug-likeness (QED) is 0.502. The van der Waals surface area contributed by atoms with E-state index in [1.807, 2.05) is 41.5 Å². The van der Waals surface area contributed by atoms with Crippen LogP contribution in [0, 0.1) is 11.8 Å². The number of hydrogen-bond acceptors (Lipinski definition) is 5. The third kappa shape index (κ3) is 7.26. The Bertz CT molecular complexity index is 546. The van der Waals surface area contributed by atoms with Gasteiger partial charge >= 0.3 is 0 Å². The number of rotatable bonds is 11. The van der Waals surface area contributed by atoms with E-state index in [1.165, 1.54) is 6.92 Å². The van der Waals surface area contributed by atoms with E-state index in [0.717, 1.165) is 6.42 Å². The lowest BCUT2D eigenvalue weighted by molar-refractivity contribution is -0.166. The zero-order valence-electron chi connectivity index (χ0n) is 19.0. The molecular formula is C21H39N3O5. The molecule has 0 aliphatic carbocycles. The van der Waals surface area contributed by atoms with Gasteiger partial charge in [0.05, 0.1) is 6.04 Å². The number of nitrogens with one attached hydrogen (secondary N) is 2. The van der Waals surface area contributed by atoms with Crippen LogP contribution in [0.3, 0.4) is 0 Å². The van der Waals surface area contributed by atoms with Crippen molar-refractivity contribution in [3.05, 3.63) is 0 Å². The molecule has 0 bridgehead atoms. The summed E-state index contributed by atoms with van der Waals surface area (Å²) in [5, 5.41) is 5.78. The first kappa shape index (κ1) is 25.4. The van der Waals surface area contributed by atoms with Gasteiger partial charge in [0.2, 0.25) is 17.7 Å². The number of nitrogens with zero attached hydrogens (tertiary/aromatic N) is 1. The number of carbonyl (C=O) groups is 3. The molecule has 0 unspecified atom stereocenters. The first-order valence-corrected chi connectivity index (χ1v) is 10.7. The minimum Gasteiger partial charge on any atom is -0.351 e. The average Bonchev–Trinajstić information content (AvgIpc) is 3.12. The van der Waals surface area contributed by atoms with E-state index < -0.39 is 18.4 Å². The van der Waals surface area contributed by atoms with E-state index in [4.69, 9.17) is 9.47 Å². The van der Waals surface area contributed by atoms with E-state index in [9.17, 15) is 14.4 Å². The van der Waals surface area contributed by atoms with Gasteiger partial charge in [0.25, 0.3) is 0 Å². The molecule has 0 saturated carbocycles. The predicted molar refractivity (Wildman–Crippen MR) is 111 cm³/mol. The monoisotopic (exact) mass is 413 g/mol. The fourth-order valence-corrected chi connectivity index (χ4v) is 3.61. The van der Waals surface area contributed by atoms with Gasteiger partial charge in [0.15, 0.2) is 6.29 Å². The van der Waals surface area contributed by atoms with Gasteiger partial charge in [-0.25, -0.2) is 0 Å². The Labute approximate surface area is 175 Å². The summed E-state index contributed by atoms with van der Waals surface area (Å²) in [5.74, 6) is -0.646. The van der Waals surface area contributed by atoms with Crippen molar-refractivity contribution in [1.82, 2.24) is 15.5 Å². The molecule has 0 radical (unpaired) electrons. The Morgan fingerprint density at radius 1 is 1.00 bits per heavy atom. The summed E-state index contributed by atoms with van der Waals surface area (Å²) in [6.45, 7) is 14.4. The largest absolute Gasteiger partial charge is 0.351 e. The molecule has 0 spiro atoms. The molecule has 8 heteroatoms. The smallest absolute Gasteiger partial charge is 0.246 e. The van der Waals surface area contributed by atoms with Crippen molar-refractivity contribution in [3.63, 3.8) is 0 Å². The normalized spacial score (nSPS) is 19.0. The molecule has 0 aromatic carbocycles. The molecule has 29 heavy (non-hydrogen) atoms. The Hall–Kier alpha value is -1.67. The summed E-state index contributed by atoms with van der Waals surface area (Å²) >= 11 is 0. The fourth-order valence-electron chi connectivity index (χ4n) is 3.61. The Balaban J connectivity index is 2.95. The molecular weight excluding hydrogens is 374 g/mol. The molecule has 3 atom stereocenters. The molecule has 1 aliphatic rings. The number of ether oxygens (including phenoxy) is 2. The molecule has 1 fully saturated rings. The van der Waals surface area contributed by atoms with Crippen LogP contribution in [0.5, 0.6) is 0 Å². The summed E-state index contributed by atoms with van der Waals surface area (Å²) in [6, 6.07) is -1.51. The van der Waals surface area contributed by atoms with Crippen molar-refractivity contribution in [1.29, 1.82) is 0 Å². The van der Waals surface area contributed by atoms with Crippen LogP contribution in [0.15, 0.2) is 0 Å². The highest BCUT2D eigenvalue weighted by Gasteiger charge is 2.40. The van der Waals surface area contributed by atoms with Gasteiger partial charge in [-0.15, -0.1) is 0 Å². The number of carbonyl (C=O) groups excluding carboxylic acids is 3. The van der Waals surface area contributed by atoms with Crippen molar-refractivity contribution in [3.8, 4) is 0 Å². The molecule has 1 saturated heterocycles. The first-order valence-electron chi connectivity index (χ1n) is 10.7. The van der Waals surface area contributed by atoms with Crippen molar-refractivity contribution in [2.24, 2.45) is 11.8 Å². The minimum atomic E-state index is -0.638. The topological polar surface area (TPSA) is 97.0 Å². The van der Waals surface area contributed by atoms with Crippen LogP contribution in [-0.2, 0) is 23.9 Å². The summed E-state index contributed by atoms with van der Waals surface area (Å²) in [5.41, 5.74) is 0. The van der Waals surface area contributed by atoms with Crippen molar-refractivity contribution in [2.45, 2.75) is 85.7 Å². The second-order valence-electron chi connectivity index (χ2n) is 8.17. The van der Waals surface area contributed by atoms with Crippen LogP contribution in [0.1, 0.15) is 61.3 Å². The molecule has 1 heterocycles. The van der Waals surface area contributed by atoms with Crippen molar-refractivity contribution >= 4 is 17.7 Å². The second kappa shape index (κ2) is 12.1. The third-order valence-corrected chi connectivity index (χ3v) is 5.11. The van der Waals surface area contributed by atoms with E-state index in [2.05, 4.69) is 10.6 Å². The number of hydrogen-bond donors (Lipinski definition) is 2. The van der Waals surface area contributed by atoms with E-state index in [1.54, 1.807) is 4.90 Å². The summed E-state index contributed by atoms with van der Waals surface area (Å²) in [6.07, 6.45) is 0.810. The van der Waals surface area contributed by atoms with Gasteiger partial charge < -0.3 is 25.0 Å². The van der Waals surface area contributed by atoms with Gasteiger partial charge in [0.1, 0.15) is 12.1 Å². The maximum Gasteiger partial charge on any atom is 0.246 e. The molecule has 8 nitrogen and oxygen atoms in total. The number of amides is 3. The highest BCUT2D eigenvalue weighted by Crippen LogP contribution is 2.22. The van der Waals surface area contributed by atoms with Crippen LogP contribution in [0.25, 0.3) is 0 Å². The summed E-state index contributed by atoms with van der Waals surface area (Å²) in [7, 11) is 0. The van der Waals surface area contributed by atoms with Gasteiger partial charge in [-0.2, -0.15) is 0 Å². The molecule has 0 aromatic heterocycles. The Kier molecular flexibility index (Phi) is 10.6.